The summed E-state index contributed by atoms with van der Waals surface area (Å²) in [6, 6.07) is 4.17. The molecule has 0 aliphatic heterocycles. The summed E-state index contributed by atoms with van der Waals surface area (Å²) in [4.78, 5) is 22.2. The van der Waals surface area contributed by atoms with E-state index in [2.05, 4.69) is 5.32 Å². The van der Waals surface area contributed by atoms with Crippen LogP contribution in [0.5, 0.6) is 5.75 Å². The highest BCUT2D eigenvalue weighted by atomic mass is 35.5. The van der Waals surface area contributed by atoms with Gasteiger partial charge in [-0.25, -0.2) is 4.79 Å². The zero-order valence-corrected chi connectivity index (χ0v) is 11.5. The number of aromatic carboxylic acids is 1. The summed E-state index contributed by atoms with van der Waals surface area (Å²) in [5.74, 6) is -1.03. The lowest BCUT2D eigenvalue weighted by atomic mass is 10.2. The number of carbonyl (C=O) groups is 2. The first kappa shape index (κ1) is 15.3. The van der Waals surface area contributed by atoms with Crippen LogP contribution in [-0.2, 0) is 4.79 Å². The van der Waals surface area contributed by atoms with Crippen molar-refractivity contribution in [1.82, 2.24) is 5.32 Å². The largest absolute Gasteiger partial charge is 0.482 e. The van der Waals surface area contributed by atoms with E-state index in [-0.39, 0.29) is 34.9 Å². The van der Waals surface area contributed by atoms with Crippen molar-refractivity contribution in [2.45, 2.75) is 26.3 Å². The van der Waals surface area contributed by atoms with E-state index in [1.54, 1.807) is 0 Å². The van der Waals surface area contributed by atoms with Gasteiger partial charge in [-0.15, -0.1) is 0 Å². The molecule has 0 saturated heterocycles. The Morgan fingerprint density at radius 1 is 1.47 bits per heavy atom. The molecule has 0 spiro atoms. The average Bonchev–Trinajstić information content (AvgIpc) is 2.36. The Kier molecular flexibility index (Phi) is 5.63. The summed E-state index contributed by atoms with van der Waals surface area (Å²) < 4.78 is 5.24. The SMILES string of the molecule is CC[C@H](C)NC(=O)COc1ccc(C(=O)O)cc1Cl. The van der Waals surface area contributed by atoms with E-state index in [1.165, 1.54) is 18.2 Å². The van der Waals surface area contributed by atoms with E-state index in [4.69, 9.17) is 21.4 Å². The molecule has 0 heterocycles. The normalized spacial score (nSPS) is 11.7. The molecule has 0 aliphatic carbocycles. The monoisotopic (exact) mass is 285 g/mol. The number of ether oxygens (including phenoxy) is 1. The molecule has 0 aromatic heterocycles. The Balaban J connectivity index is 2.59. The summed E-state index contributed by atoms with van der Waals surface area (Å²) in [5.41, 5.74) is 0.0707. The highest BCUT2D eigenvalue weighted by Gasteiger charge is 2.10. The van der Waals surface area contributed by atoms with Gasteiger partial charge in [0.15, 0.2) is 6.61 Å². The fraction of sp³-hybridized carbons (Fsp3) is 0.385. The van der Waals surface area contributed by atoms with Crippen LogP contribution in [0.15, 0.2) is 18.2 Å². The number of carboxylic acid groups (broad SMARTS) is 1. The van der Waals surface area contributed by atoms with Crippen LogP contribution >= 0.6 is 11.6 Å². The number of nitrogens with one attached hydrogen (secondary N) is 1. The van der Waals surface area contributed by atoms with Gasteiger partial charge in [-0.2, -0.15) is 0 Å². The molecule has 5 nitrogen and oxygen atoms in total. The molecule has 0 unspecified atom stereocenters. The zero-order chi connectivity index (χ0) is 14.4. The Morgan fingerprint density at radius 2 is 2.16 bits per heavy atom. The molecule has 0 bridgehead atoms. The van der Waals surface area contributed by atoms with E-state index in [1.807, 2.05) is 13.8 Å². The van der Waals surface area contributed by atoms with Gasteiger partial charge >= 0.3 is 5.97 Å². The van der Waals surface area contributed by atoms with Gasteiger partial charge < -0.3 is 15.2 Å². The van der Waals surface area contributed by atoms with Gasteiger partial charge in [-0.1, -0.05) is 18.5 Å². The first-order valence-electron chi connectivity index (χ1n) is 5.89. The van der Waals surface area contributed by atoms with Gasteiger partial charge in [0.1, 0.15) is 5.75 Å². The maximum Gasteiger partial charge on any atom is 0.335 e. The smallest absolute Gasteiger partial charge is 0.335 e. The Hall–Kier alpha value is -1.75. The molecule has 1 aromatic rings. The second-order valence-corrected chi connectivity index (χ2v) is 4.52. The summed E-state index contributed by atoms with van der Waals surface area (Å²) in [7, 11) is 0. The third kappa shape index (κ3) is 4.79. The second kappa shape index (κ2) is 6.99. The number of carboxylic acids is 1. The van der Waals surface area contributed by atoms with Crippen molar-refractivity contribution in [2.75, 3.05) is 6.61 Å². The van der Waals surface area contributed by atoms with E-state index in [9.17, 15) is 9.59 Å². The van der Waals surface area contributed by atoms with Crippen LogP contribution in [0.2, 0.25) is 5.02 Å². The zero-order valence-electron chi connectivity index (χ0n) is 10.8. The highest BCUT2D eigenvalue weighted by molar-refractivity contribution is 6.32. The summed E-state index contributed by atoms with van der Waals surface area (Å²) >= 11 is 5.87. The van der Waals surface area contributed by atoms with E-state index < -0.39 is 5.97 Å². The molecule has 19 heavy (non-hydrogen) atoms. The van der Waals surface area contributed by atoms with Crippen molar-refractivity contribution in [3.63, 3.8) is 0 Å². The molecule has 0 fully saturated rings. The molecule has 1 rings (SSSR count). The summed E-state index contributed by atoms with van der Waals surface area (Å²) in [6.45, 7) is 3.70. The molecule has 0 saturated carbocycles. The van der Waals surface area contributed by atoms with Crippen LogP contribution in [-0.4, -0.2) is 29.6 Å². The third-order valence-corrected chi connectivity index (χ3v) is 2.85. The predicted molar refractivity (Wildman–Crippen MR) is 71.8 cm³/mol. The van der Waals surface area contributed by atoms with Gasteiger partial charge in [-0.05, 0) is 31.5 Å². The number of benzene rings is 1. The number of amides is 1. The molecule has 1 aromatic carbocycles. The molecule has 1 amide bonds. The summed E-state index contributed by atoms with van der Waals surface area (Å²) in [5, 5.41) is 11.7. The van der Waals surface area contributed by atoms with E-state index in [0.29, 0.717) is 0 Å². The third-order valence-electron chi connectivity index (χ3n) is 2.56. The van der Waals surface area contributed by atoms with Gasteiger partial charge in [-0.3, -0.25) is 4.79 Å². The van der Waals surface area contributed by atoms with Crippen molar-refractivity contribution < 1.29 is 19.4 Å². The van der Waals surface area contributed by atoms with Gasteiger partial charge in [0, 0.05) is 6.04 Å². The fourth-order valence-corrected chi connectivity index (χ4v) is 1.55. The minimum atomic E-state index is -1.07. The van der Waals surface area contributed by atoms with E-state index >= 15 is 0 Å². The van der Waals surface area contributed by atoms with Gasteiger partial charge in [0.25, 0.3) is 5.91 Å². The standard InChI is InChI=1S/C13H16ClNO4/c1-3-8(2)15-12(16)7-19-11-5-4-9(13(17)18)6-10(11)14/h4-6,8H,3,7H2,1-2H3,(H,15,16)(H,17,18)/t8-/m0/s1. The van der Waals surface area contributed by atoms with Crippen LogP contribution in [0.25, 0.3) is 0 Å². The van der Waals surface area contributed by atoms with Gasteiger partial charge in [0.2, 0.25) is 0 Å². The summed E-state index contributed by atoms with van der Waals surface area (Å²) in [6.07, 6.45) is 0.833. The lowest BCUT2D eigenvalue weighted by Crippen LogP contribution is -2.35. The number of carbonyl (C=O) groups excluding carboxylic acids is 1. The maximum atomic E-state index is 11.5. The Morgan fingerprint density at radius 3 is 2.68 bits per heavy atom. The Labute approximate surface area is 116 Å². The minimum absolute atomic E-state index is 0.0707. The predicted octanol–water partition coefficient (Wildman–Crippen LogP) is 2.33. The van der Waals surface area contributed by atoms with Crippen molar-refractivity contribution in [2.24, 2.45) is 0 Å². The average molecular weight is 286 g/mol. The highest BCUT2D eigenvalue weighted by Crippen LogP contribution is 2.25. The van der Waals surface area contributed by atoms with Crippen molar-refractivity contribution in [1.29, 1.82) is 0 Å². The topological polar surface area (TPSA) is 75.6 Å². The molecule has 0 radical (unpaired) electrons. The molecular formula is C13H16ClNO4. The molecule has 0 aliphatic rings. The second-order valence-electron chi connectivity index (χ2n) is 4.12. The molecular weight excluding hydrogens is 270 g/mol. The molecule has 1 atom stereocenters. The van der Waals surface area contributed by atoms with Crippen molar-refractivity contribution in [3.8, 4) is 5.75 Å². The first-order chi connectivity index (χ1) is 8.93. The lowest BCUT2D eigenvalue weighted by molar-refractivity contribution is -0.123. The number of hydrogen-bond acceptors (Lipinski definition) is 3. The van der Waals surface area contributed by atoms with Gasteiger partial charge in [0.05, 0.1) is 10.6 Å². The van der Waals surface area contributed by atoms with E-state index in [0.717, 1.165) is 6.42 Å². The molecule has 2 N–H and O–H groups in total. The minimum Gasteiger partial charge on any atom is -0.482 e. The number of rotatable bonds is 6. The maximum absolute atomic E-state index is 11.5. The van der Waals surface area contributed by atoms with Crippen LogP contribution in [0, 0.1) is 0 Å². The Bertz CT molecular complexity index is 476. The molecule has 6 heteroatoms. The lowest BCUT2D eigenvalue weighted by Gasteiger charge is -2.12. The van der Waals surface area contributed by atoms with Crippen LogP contribution in [0.3, 0.4) is 0 Å². The molecule has 104 valence electrons. The van der Waals surface area contributed by atoms with Crippen molar-refractivity contribution >= 4 is 23.5 Å². The number of halogens is 1. The first-order valence-corrected chi connectivity index (χ1v) is 6.26. The quantitative estimate of drug-likeness (QED) is 0.841. The van der Waals surface area contributed by atoms with Crippen LogP contribution < -0.4 is 10.1 Å². The van der Waals surface area contributed by atoms with Crippen LogP contribution in [0.4, 0.5) is 0 Å². The van der Waals surface area contributed by atoms with Crippen LogP contribution in [0.1, 0.15) is 30.6 Å². The number of hydrogen-bond donors (Lipinski definition) is 2. The van der Waals surface area contributed by atoms with Crippen molar-refractivity contribution in [3.05, 3.63) is 28.8 Å². The fourth-order valence-electron chi connectivity index (χ4n) is 1.31.